The number of thioether (sulfide) groups is 2. The van der Waals surface area contributed by atoms with Gasteiger partial charge in [-0.1, -0.05) is 44.9 Å². The van der Waals surface area contributed by atoms with E-state index >= 15 is 0 Å². The van der Waals surface area contributed by atoms with Crippen LogP contribution in [0.25, 0.3) is 0 Å². The summed E-state index contributed by atoms with van der Waals surface area (Å²) in [6, 6.07) is -0.597. The molecule has 7 fully saturated rings. The van der Waals surface area contributed by atoms with Gasteiger partial charge < -0.3 is 94.9 Å². The molecule has 102 heavy (non-hydrogen) atoms. The lowest BCUT2D eigenvalue weighted by Crippen LogP contribution is -2.40. The molecule has 9 N–H and O–H groups in total. The van der Waals surface area contributed by atoms with Crippen molar-refractivity contribution in [1.82, 2.24) is 41.8 Å². The topological polar surface area (TPSA) is 460 Å². The number of carboxylic acid groups (broad SMARTS) is 2. The number of nitrogens with zero attached hydrogens (tertiary/aromatic N) is 3. The van der Waals surface area contributed by atoms with Crippen LogP contribution in [0.5, 0.6) is 0 Å². The van der Waals surface area contributed by atoms with Crippen molar-refractivity contribution in [2.45, 2.75) is 219 Å². The molecule has 7 aliphatic heterocycles. The van der Waals surface area contributed by atoms with Crippen LogP contribution in [0.2, 0.25) is 0 Å². The molecule has 7 saturated heterocycles. The summed E-state index contributed by atoms with van der Waals surface area (Å²) in [5.41, 5.74) is 4.99. The predicted molar refractivity (Wildman–Crippen MR) is 361 cm³/mol. The second kappa shape index (κ2) is 50.8. The summed E-state index contributed by atoms with van der Waals surface area (Å²) in [6.45, 7) is 7.53. The number of aliphatic carboxylic acids is 2. The van der Waals surface area contributed by atoms with E-state index in [2.05, 4.69) is 26.6 Å². The number of ether oxygens (including phenoxy) is 8. The van der Waals surface area contributed by atoms with Crippen LogP contribution in [0.1, 0.15) is 173 Å². The van der Waals surface area contributed by atoms with Crippen molar-refractivity contribution >= 4 is 101 Å². The highest BCUT2D eigenvalue weighted by Crippen LogP contribution is 2.41. The molecule has 35 nitrogen and oxygen atoms in total. The number of urea groups is 2. The average molecular weight is 1490 g/mol. The fraction of sp³-hybridized carbons (Fsp3) is 0.800. The van der Waals surface area contributed by atoms with Gasteiger partial charge in [0.2, 0.25) is 5.91 Å². The Balaban J connectivity index is 0.000000293. The van der Waals surface area contributed by atoms with Gasteiger partial charge in [0.05, 0.1) is 123 Å². The fourth-order valence-corrected chi connectivity index (χ4v) is 14.6. The molecule has 0 spiro atoms. The summed E-state index contributed by atoms with van der Waals surface area (Å²) in [4.78, 5) is 163. The maximum Gasteiger partial charge on any atom is 0.333 e. The van der Waals surface area contributed by atoms with Crippen LogP contribution >= 0.6 is 23.5 Å². The lowest BCUT2D eigenvalue weighted by atomic mass is 10.0. The Labute approximate surface area is 601 Å². The SMILES string of the molecule is NCCOCCOCCOCCO[C@@H]1S[C@@H](CCCCC(=O)O)[C@H]2NC(=O)N[C@H]21.O=C(CCCCCCCC(=O)ON1C(=O)CCC1=O)ON1CCCC1=O.O=C(O)CCCC[C@@H]1S[C@@H](OCCOCCOCCOCCNC(=O)CCCCCCC(=O)ON2C(=O)CCC2=O)[C@@H]2NC(=O)N[C@@H]21. The number of fused-ring (bicyclic) bond motifs is 2. The molecule has 37 heteroatoms. The van der Waals surface area contributed by atoms with Crippen molar-refractivity contribution in [2.75, 3.05) is 112 Å². The van der Waals surface area contributed by atoms with E-state index in [0.717, 1.165) is 62.9 Å². The minimum absolute atomic E-state index is 0.0122. The zero-order valence-electron chi connectivity index (χ0n) is 58.2. The number of nitrogens with one attached hydrogen (secondary N) is 5. The second-order valence-corrected chi connectivity index (χ2v) is 27.3. The average Bonchev–Trinajstić information content (AvgIpc) is 1.64. The van der Waals surface area contributed by atoms with Gasteiger partial charge in [0.25, 0.3) is 29.5 Å². The van der Waals surface area contributed by atoms with Crippen molar-refractivity contribution in [2.24, 2.45) is 5.73 Å². The summed E-state index contributed by atoms with van der Waals surface area (Å²) in [5.74, 6) is -5.34. The number of carboxylic acids is 2. The normalized spacial score (nSPS) is 21.7. The maximum absolute atomic E-state index is 11.9. The van der Waals surface area contributed by atoms with Crippen LogP contribution in [0.15, 0.2) is 0 Å². The van der Waals surface area contributed by atoms with Crippen LogP contribution in [0, 0.1) is 0 Å². The molecule has 0 unspecified atom stereocenters. The molecule has 7 aliphatic rings. The number of nitrogens with two attached hydrogens (primary N) is 1. The van der Waals surface area contributed by atoms with E-state index < -0.39 is 53.5 Å². The number of hydrogen-bond donors (Lipinski definition) is 8. The van der Waals surface area contributed by atoms with Crippen molar-refractivity contribution in [1.29, 1.82) is 0 Å². The van der Waals surface area contributed by atoms with Crippen molar-refractivity contribution in [3.63, 3.8) is 0 Å². The molecular weight excluding hydrogens is 1390 g/mol. The summed E-state index contributed by atoms with van der Waals surface area (Å²) < 4.78 is 44.5. The Morgan fingerprint density at radius 1 is 0.412 bits per heavy atom. The largest absolute Gasteiger partial charge is 0.481 e. The molecule has 0 bridgehead atoms. The number of imide groups is 2. The van der Waals surface area contributed by atoms with Crippen LogP contribution in [0.3, 0.4) is 0 Å². The third kappa shape index (κ3) is 34.8. The minimum atomic E-state index is -0.797. The van der Waals surface area contributed by atoms with E-state index in [1.807, 2.05) is 0 Å². The molecule has 8 atom stereocenters. The molecule has 0 aromatic heterocycles. The molecule has 0 aromatic carbocycles. The summed E-state index contributed by atoms with van der Waals surface area (Å²) in [5, 5.41) is 34.7. The van der Waals surface area contributed by atoms with Gasteiger partial charge in [-0.2, -0.15) is 5.06 Å². The standard InChI is InChI=1S/C30H48N4O12S.C18H33N3O7S.C17H24N2O7/c35-22(8-3-1-2-4-10-26(40)46-34-23(36)11-12-24(34)37)31-13-14-42-15-16-43-17-18-44-19-20-45-29-28-27(32-30(41)33-28)21(47-29)7-5-6-9-25(38)39;19-5-6-25-7-8-26-9-10-27-11-12-28-17-16-15(20-18(24)21-16)13(29-17)3-1-2-4-14(22)23;20-13-7-6-12-18(13)25-16(23)8-4-2-1-3-5-9-17(24)26-19-14(21)10-11-15(19)22/h21,27-29H,1-20H2,(H,31,35)(H,38,39)(H2,32,33,41);13,15-17H,1-12,19H2,(H,22,23)(H2,20,21,24);1-12H2/t21-,27+,28+,29+;13-,15+,16+,17+;/m00./s1. The number of carbonyl (C=O) groups excluding carboxylic acids is 11. The maximum atomic E-state index is 11.9. The first kappa shape index (κ1) is 86.1. The molecule has 0 aromatic rings. The first-order valence-corrected chi connectivity index (χ1v) is 37.4. The molecule has 578 valence electrons. The Kier molecular flexibility index (Phi) is 42.9. The Bertz CT molecular complexity index is 2620. The highest BCUT2D eigenvalue weighted by molar-refractivity contribution is 8.01. The Hall–Kier alpha value is -6.55. The van der Waals surface area contributed by atoms with Crippen LogP contribution in [0.4, 0.5) is 9.59 Å². The van der Waals surface area contributed by atoms with Crippen molar-refractivity contribution < 1.29 is 125 Å². The molecule has 10 amide bonds. The van der Waals surface area contributed by atoms with E-state index in [0.29, 0.717) is 180 Å². The van der Waals surface area contributed by atoms with Gasteiger partial charge in [-0.15, -0.1) is 33.7 Å². The molecule has 0 saturated carbocycles. The Morgan fingerprint density at radius 2 is 0.765 bits per heavy atom. The predicted octanol–water partition coefficient (Wildman–Crippen LogP) is 2.81. The zero-order valence-corrected chi connectivity index (χ0v) is 59.8. The second-order valence-electron chi connectivity index (χ2n) is 24.6. The monoisotopic (exact) mass is 1490 g/mol. The number of carbonyl (C=O) groups is 13. The van der Waals surface area contributed by atoms with E-state index in [-0.39, 0.29) is 127 Å². The molecule has 7 heterocycles. The first-order valence-electron chi connectivity index (χ1n) is 35.5. The highest BCUT2D eigenvalue weighted by atomic mass is 32.2. The number of amides is 10. The number of hydrogen-bond acceptors (Lipinski definition) is 27. The van der Waals surface area contributed by atoms with E-state index in [9.17, 15) is 62.3 Å². The molecular formula is C65H105N9O26S2. The minimum Gasteiger partial charge on any atom is -0.481 e. The Morgan fingerprint density at radius 3 is 1.16 bits per heavy atom. The third-order valence-electron chi connectivity index (χ3n) is 16.5. The van der Waals surface area contributed by atoms with Gasteiger partial charge in [0.1, 0.15) is 10.9 Å². The first-order chi connectivity index (χ1) is 49.3. The lowest BCUT2D eigenvalue weighted by molar-refractivity contribution is -0.197. The van der Waals surface area contributed by atoms with Gasteiger partial charge in [-0.3, -0.25) is 38.4 Å². The fourth-order valence-electron chi connectivity index (χ4n) is 11.3. The van der Waals surface area contributed by atoms with Gasteiger partial charge >= 0.3 is 41.9 Å². The van der Waals surface area contributed by atoms with Crippen LogP contribution in [-0.2, 0) is 105 Å². The smallest absolute Gasteiger partial charge is 0.333 e. The van der Waals surface area contributed by atoms with Crippen LogP contribution in [-0.4, -0.2) is 260 Å². The summed E-state index contributed by atoms with van der Waals surface area (Å²) in [6.07, 6.45) is 13.6. The summed E-state index contributed by atoms with van der Waals surface area (Å²) >= 11 is 3.36. The van der Waals surface area contributed by atoms with E-state index in [4.69, 9.17) is 68.4 Å². The van der Waals surface area contributed by atoms with Gasteiger partial charge in [-0.25, -0.2) is 24.0 Å². The van der Waals surface area contributed by atoms with E-state index in [1.54, 1.807) is 23.5 Å². The number of hydroxylamine groups is 6. The van der Waals surface area contributed by atoms with Crippen molar-refractivity contribution in [3.8, 4) is 0 Å². The van der Waals surface area contributed by atoms with Crippen molar-refractivity contribution in [3.05, 3.63) is 0 Å². The molecule has 0 radical (unpaired) electrons. The number of unbranched alkanes of at least 4 members (excludes halogenated alkanes) is 9. The molecule has 7 rings (SSSR count). The van der Waals surface area contributed by atoms with Gasteiger partial charge in [0.15, 0.2) is 0 Å². The highest BCUT2D eigenvalue weighted by Gasteiger charge is 2.51. The van der Waals surface area contributed by atoms with Gasteiger partial charge in [-0.05, 0) is 57.8 Å². The zero-order chi connectivity index (χ0) is 73.7. The summed E-state index contributed by atoms with van der Waals surface area (Å²) in [7, 11) is 0. The number of rotatable bonds is 53. The molecule has 0 aliphatic carbocycles. The van der Waals surface area contributed by atoms with E-state index in [1.165, 1.54) is 0 Å². The van der Waals surface area contributed by atoms with Crippen LogP contribution < -0.4 is 32.3 Å². The quantitative estimate of drug-likeness (QED) is 0.0246. The lowest BCUT2D eigenvalue weighted by Gasteiger charge is -2.17. The third-order valence-corrected chi connectivity index (χ3v) is 19.7. The van der Waals surface area contributed by atoms with Gasteiger partial charge in [0, 0.05) is 94.2 Å².